The second kappa shape index (κ2) is 8.44. The zero-order chi connectivity index (χ0) is 15.0. The van der Waals surface area contributed by atoms with Crippen molar-refractivity contribution in [2.75, 3.05) is 13.7 Å². The molecule has 5 heteroatoms. The van der Waals surface area contributed by atoms with E-state index in [9.17, 15) is 0 Å². The van der Waals surface area contributed by atoms with E-state index in [1.165, 1.54) is 6.08 Å². The van der Waals surface area contributed by atoms with E-state index in [0.717, 1.165) is 22.0 Å². The van der Waals surface area contributed by atoms with Crippen molar-refractivity contribution >= 4 is 28.7 Å². The SMILES string of the molecule is CCCCOc1c(I)cc(C=C(C#N)C#N)cc1OC. The monoisotopic (exact) mass is 382 g/mol. The van der Waals surface area contributed by atoms with Crippen LogP contribution in [0.1, 0.15) is 25.3 Å². The Bertz CT molecular complexity index is 567. The average molecular weight is 382 g/mol. The third-order valence-corrected chi connectivity index (χ3v) is 3.35. The summed E-state index contributed by atoms with van der Waals surface area (Å²) in [6, 6.07) is 7.30. The van der Waals surface area contributed by atoms with Crippen molar-refractivity contribution in [3.8, 4) is 23.6 Å². The van der Waals surface area contributed by atoms with Crippen molar-refractivity contribution in [1.82, 2.24) is 0 Å². The van der Waals surface area contributed by atoms with Crippen LogP contribution in [0.5, 0.6) is 11.5 Å². The Morgan fingerprint density at radius 1 is 1.35 bits per heavy atom. The summed E-state index contributed by atoms with van der Waals surface area (Å²) in [5, 5.41) is 17.6. The van der Waals surface area contributed by atoms with Gasteiger partial charge in [-0.1, -0.05) is 13.3 Å². The molecule has 0 unspecified atom stereocenters. The number of methoxy groups -OCH3 is 1. The number of nitriles is 2. The molecule has 0 fully saturated rings. The van der Waals surface area contributed by atoms with Crippen LogP contribution < -0.4 is 9.47 Å². The summed E-state index contributed by atoms with van der Waals surface area (Å²) in [4.78, 5) is 0. The van der Waals surface area contributed by atoms with Gasteiger partial charge < -0.3 is 9.47 Å². The number of halogens is 1. The number of hydrogen-bond donors (Lipinski definition) is 0. The van der Waals surface area contributed by atoms with E-state index < -0.39 is 0 Å². The quantitative estimate of drug-likeness (QED) is 0.425. The lowest BCUT2D eigenvalue weighted by molar-refractivity contribution is 0.286. The molecule has 0 radical (unpaired) electrons. The van der Waals surface area contributed by atoms with E-state index in [2.05, 4.69) is 29.5 Å². The number of nitrogens with zero attached hydrogens (tertiary/aromatic N) is 2. The minimum Gasteiger partial charge on any atom is -0.493 e. The van der Waals surface area contributed by atoms with Crippen LogP contribution >= 0.6 is 22.6 Å². The molecular weight excluding hydrogens is 367 g/mol. The predicted octanol–water partition coefficient (Wildman–Crippen LogP) is 3.91. The molecule has 0 saturated heterocycles. The molecule has 0 aromatic heterocycles. The fraction of sp³-hybridized carbons (Fsp3) is 0.333. The van der Waals surface area contributed by atoms with Crippen molar-refractivity contribution in [3.63, 3.8) is 0 Å². The first-order valence-electron chi connectivity index (χ1n) is 6.18. The van der Waals surface area contributed by atoms with Crippen molar-refractivity contribution in [2.24, 2.45) is 0 Å². The molecule has 0 N–H and O–H groups in total. The van der Waals surface area contributed by atoms with Gasteiger partial charge in [-0.15, -0.1) is 0 Å². The van der Waals surface area contributed by atoms with Crippen molar-refractivity contribution < 1.29 is 9.47 Å². The lowest BCUT2D eigenvalue weighted by atomic mass is 10.1. The number of allylic oxidation sites excluding steroid dienone is 1. The maximum Gasteiger partial charge on any atom is 0.174 e. The first kappa shape index (κ1) is 16.3. The molecular formula is C15H15IN2O2. The number of ether oxygens (including phenoxy) is 2. The predicted molar refractivity (Wildman–Crippen MR) is 85.3 cm³/mol. The van der Waals surface area contributed by atoms with Gasteiger partial charge in [0, 0.05) is 0 Å². The smallest absolute Gasteiger partial charge is 0.174 e. The zero-order valence-corrected chi connectivity index (χ0v) is 13.6. The minimum absolute atomic E-state index is 0.0579. The maximum absolute atomic E-state index is 8.78. The Morgan fingerprint density at radius 2 is 2.05 bits per heavy atom. The summed E-state index contributed by atoms with van der Waals surface area (Å²) in [6.45, 7) is 2.74. The second-order valence-electron chi connectivity index (χ2n) is 4.02. The van der Waals surface area contributed by atoms with Crippen LogP contribution in [0.25, 0.3) is 6.08 Å². The van der Waals surface area contributed by atoms with Gasteiger partial charge in [-0.25, -0.2) is 0 Å². The van der Waals surface area contributed by atoms with Gasteiger partial charge in [0.1, 0.15) is 17.7 Å². The van der Waals surface area contributed by atoms with Crippen LogP contribution in [0.3, 0.4) is 0 Å². The van der Waals surface area contributed by atoms with E-state index in [-0.39, 0.29) is 5.57 Å². The van der Waals surface area contributed by atoms with E-state index in [1.807, 2.05) is 18.2 Å². The highest BCUT2D eigenvalue weighted by atomic mass is 127. The second-order valence-corrected chi connectivity index (χ2v) is 5.18. The lowest BCUT2D eigenvalue weighted by Crippen LogP contribution is -2.01. The molecule has 0 atom stereocenters. The van der Waals surface area contributed by atoms with Gasteiger partial charge in [-0.05, 0) is 52.8 Å². The molecule has 0 amide bonds. The Morgan fingerprint density at radius 3 is 2.60 bits per heavy atom. The highest BCUT2D eigenvalue weighted by Crippen LogP contribution is 2.34. The summed E-state index contributed by atoms with van der Waals surface area (Å²) >= 11 is 2.16. The lowest BCUT2D eigenvalue weighted by Gasteiger charge is -2.13. The van der Waals surface area contributed by atoms with Crippen LogP contribution in [0.15, 0.2) is 17.7 Å². The summed E-state index contributed by atoms with van der Waals surface area (Å²) in [5.74, 6) is 1.31. The Kier molecular flexibility index (Phi) is 6.89. The molecule has 20 heavy (non-hydrogen) atoms. The Labute approximate surface area is 132 Å². The van der Waals surface area contributed by atoms with Gasteiger partial charge in [-0.2, -0.15) is 10.5 Å². The van der Waals surface area contributed by atoms with Crippen LogP contribution in [0, 0.1) is 26.2 Å². The van der Waals surface area contributed by atoms with Crippen LogP contribution in [0.2, 0.25) is 0 Å². The zero-order valence-electron chi connectivity index (χ0n) is 11.4. The van der Waals surface area contributed by atoms with Crippen LogP contribution in [-0.2, 0) is 0 Å². The van der Waals surface area contributed by atoms with E-state index in [1.54, 1.807) is 13.2 Å². The average Bonchev–Trinajstić information content (AvgIpc) is 2.46. The van der Waals surface area contributed by atoms with Gasteiger partial charge in [0.25, 0.3) is 0 Å². The summed E-state index contributed by atoms with van der Waals surface area (Å²) in [6.07, 6.45) is 3.57. The van der Waals surface area contributed by atoms with Gasteiger partial charge in [0.15, 0.2) is 11.5 Å². The first-order chi connectivity index (χ1) is 9.65. The van der Waals surface area contributed by atoms with E-state index in [0.29, 0.717) is 18.1 Å². The van der Waals surface area contributed by atoms with Crippen molar-refractivity contribution in [3.05, 3.63) is 26.8 Å². The number of benzene rings is 1. The van der Waals surface area contributed by atoms with Gasteiger partial charge >= 0.3 is 0 Å². The molecule has 0 aliphatic heterocycles. The number of rotatable bonds is 6. The minimum atomic E-state index is 0.0579. The molecule has 0 heterocycles. The molecule has 1 rings (SSSR count). The highest BCUT2D eigenvalue weighted by molar-refractivity contribution is 14.1. The Balaban J connectivity index is 3.11. The maximum atomic E-state index is 8.78. The molecule has 4 nitrogen and oxygen atoms in total. The van der Waals surface area contributed by atoms with Gasteiger partial charge in [-0.3, -0.25) is 0 Å². The summed E-state index contributed by atoms with van der Waals surface area (Å²) in [7, 11) is 1.57. The molecule has 0 bridgehead atoms. The van der Waals surface area contributed by atoms with E-state index in [4.69, 9.17) is 20.0 Å². The molecule has 0 saturated carbocycles. The van der Waals surface area contributed by atoms with E-state index >= 15 is 0 Å². The third-order valence-electron chi connectivity index (χ3n) is 2.55. The molecule has 104 valence electrons. The molecule has 0 aliphatic carbocycles. The third kappa shape index (κ3) is 4.43. The summed E-state index contributed by atoms with van der Waals surface area (Å²) in [5.41, 5.74) is 0.801. The Hall–Kier alpha value is -1.73. The first-order valence-corrected chi connectivity index (χ1v) is 7.26. The van der Waals surface area contributed by atoms with Crippen LogP contribution in [0.4, 0.5) is 0 Å². The summed E-state index contributed by atoms with van der Waals surface area (Å²) < 4.78 is 11.9. The van der Waals surface area contributed by atoms with Crippen molar-refractivity contribution in [1.29, 1.82) is 10.5 Å². The largest absolute Gasteiger partial charge is 0.493 e. The number of unbranched alkanes of at least 4 members (excludes halogenated alkanes) is 1. The van der Waals surface area contributed by atoms with Gasteiger partial charge in [0.2, 0.25) is 0 Å². The topological polar surface area (TPSA) is 66.0 Å². The molecule has 1 aromatic rings. The highest BCUT2D eigenvalue weighted by Gasteiger charge is 2.11. The fourth-order valence-electron chi connectivity index (χ4n) is 1.54. The molecule has 0 spiro atoms. The molecule has 0 aliphatic rings. The normalized spacial score (nSPS) is 9.25. The van der Waals surface area contributed by atoms with Gasteiger partial charge in [0.05, 0.1) is 17.3 Å². The standard InChI is InChI=1S/C15H15IN2O2/c1-3-4-5-20-15-13(16)7-11(8-14(15)19-2)6-12(9-17)10-18/h6-8H,3-5H2,1-2H3. The van der Waals surface area contributed by atoms with Crippen molar-refractivity contribution in [2.45, 2.75) is 19.8 Å². The number of hydrogen-bond acceptors (Lipinski definition) is 4. The fourth-order valence-corrected chi connectivity index (χ4v) is 2.32. The van der Waals surface area contributed by atoms with Crippen LogP contribution in [-0.4, -0.2) is 13.7 Å². The molecule has 1 aromatic carbocycles.